The van der Waals surface area contributed by atoms with Crippen LogP contribution in [0.2, 0.25) is 0 Å². The van der Waals surface area contributed by atoms with Gasteiger partial charge in [-0.05, 0) is 26.3 Å². The van der Waals surface area contributed by atoms with Crippen molar-refractivity contribution >= 4 is 5.82 Å². The molecule has 1 atom stereocenters. The number of anilines is 1. The lowest BCUT2D eigenvalue weighted by Crippen LogP contribution is -2.46. The Kier molecular flexibility index (Phi) is 3.78. The first kappa shape index (κ1) is 12.1. The molecule has 94 valence electrons. The summed E-state index contributed by atoms with van der Waals surface area (Å²) in [6.45, 7) is 6.84. The fourth-order valence-electron chi connectivity index (χ4n) is 2.37. The van der Waals surface area contributed by atoms with E-state index in [1.165, 1.54) is 6.42 Å². The van der Waals surface area contributed by atoms with Crippen LogP contribution in [0, 0.1) is 6.92 Å². The third kappa shape index (κ3) is 3.06. The van der Waals surface area contributed by atoms with Crippen molar-refractivity contribution in [1.82, 2.24) is 15.3 Å². The van der Waals surface area contributed by atoms with Crippen LogP contribution in [0.3, 0.4) is 0 Å². The van der Waals surface area contributed by atoms with Gasteiger partial charge in [0.1, 0.15) is 11.6 Å². The standard InChI is InChI=1S/C12H20N4O/c1-3-13-10-5-4-6-16(8-10)11-7-12(17)15-9(2)14-11/h7,10,13H,3-6,8H2,1-2H3,(H,14,15,17). The average Bonchev–Trinajstić information content (AvgIpc) is 2.28. The van der Waals surface area contributed by atoms with E-state index in [0.717, 1.165) is 31.9 Å². The van der Waals surface area contributed by atoms with Gasteiger partial charge in [-0.1, -0.05) is 6.92 Å². The zero-order chi connectivity index (χ0) is 12.3. The summed E-state index contributed by atoms with van der Waals surface area (Å²) < 4.78 is 0. The number of nitrogens with zero attached hydrogens (tertiary/aromatic N) is 2. The molecule has 1 fully saturated rings. The molecule has 1 aromatic rings. The summed E-state index contributed by atoms with van der Waals surface area (Å²) >= 11 is 0. The zero-order valence-electron chi connectivity index (χ0n) is 10.5. The number of H-pyrrole nitrogens is 1. The summed E-state index contributed by atoms with van der Waals surface area (Å²) in [4.78, 5) is 20.7. The number of likely N-dealkylation sites (N-methyl/N-ethyl adjacent to an activating group) is 1. The van der Waals surface area contributed by atoms with Gasteiger partial charge in [-0.15, -0.1) is 0 Å². The van der Waals surface area contributed by atoms with Gasteiger partial charge in [-0.3, -0.25) is 4.79 Å². The summed E-state index contributed by atoms with van der Waals surface area (Å²) in [6.07, 6.45) is 2.34. The fraction of sp³-hybridized carbons (Fsp3) is 0.667. The van der Waals surface area contributed by atoms with E-state index >= 15 is 0 Å². The molecule has 0 amide bonds. The Morgan fingerprint density at radius 3 is 3.18 bits per heavy atom. The zero-order valence-corrected chi connectivity index (χ0v) is 10.5. The first-order chi connectivity index (χ1) is 8.19. The Hall–Kier alpha value is -1.36. The highest BCUT2D eigenvalue weighted by molar-refractivity contribution is 5.38. The SMILES string of the molecule is CCNC1CCCN(c2cc(=O)[nH]c(C)n2)C1. The van der Waals surface area contributed by atoms with Crippen molar-refractivity contribution in [2.75, 3.05) is 24.5 Å². The quantitative estimate of drug-likeness (QED) is 0.809. The van der Waals surface area contributed by atoms with Crippen LogP contribution < -0.4 is 15.8 Å². The van der Waals surface area contributed by atoms with Gasteiger partial charge in [-0.25, -0.2) is 4.98 Å². The Morgan fingerprint density at radius 2 is 2.47 bits per heavy atom. The lowest BCUT2D eigenvalue weighted by Gasteiger charge is -2.33. The van der Waals surface area contributed by atoms with Gasteiger partial charge >= 0.3 is 0 Å². The van der Waals surface area contributed by atoms with Crippen molar-refractivity contribution < 1.29 is 0 Å². The number of piperidine rings is 1. The van der Waals surface area contributed by atoms with Gasteiger partial charge in [0, 0.05) is 25.2 Å². The maximum absolute atomic E-state index is 11.4. The Balaban J connectivity index is 2.13. The molecule has 1 aliphatic rings. The molecule has 0 bridgehead atoms. The number of nitrogens with one attached hydrogen (secondary N) is 2. The van der Waals surface area contributed by atoms with Crippen LogP contribution in [0.4, 0.5) is 5.82 Å². The van der Waals surface area contributed by atoms with Crippen molar-refractivity contribution in [2.45, 2.75) is 32.7 Å². The minimum Gasteiger partial charge on any atom is -0.355 e. The molecular formula is C12H20N4O. The van der Waals surface area contributed by atoms with Gasteiger partial charge in [0.2, 0.25) is 0 Å². The summed E-state index contributed by atoms with van der Waals surface area (Å²) in [5.74, 6) is 1.48. The van der Waals surface area contributed by atoms with E-state index < -0.39 is 0 Å². The molecular weight excluding hydrogens is 216 g/mol. The van der Waals surface area contributed by atoms with Crippen LogP contribution in [0.1, 0.15) is 25.6 Å². The Bertz CT molecular complexity index is 427. The topological polar surface area (TPSA) is 61.0 Å². The summed E-state index contributed by atoms with van der Waals surface area (Å²) in [6, 6.07) is 2.09. The largest absolute Gasteiger partial charge is 0.355 e. The van der Waals surface area contributed by atoms with Crippen molar-refractivity contribution in [3.05, 3.63) is 22.2 Å². The monoisotopic (exact) mass is 236 g/mol. The maximum atomic E-state index is 11.4. The van der Waals surface area contributed by atoms with E-state index in [2.05, 4.69) is 27.1 Å². The summed E-state index contributed by atoms with van der Waals surface area (Å²) in [7, 11) is 0. The van der Waals surface area contributed by atoms with Gasteiger partial charge in [0.05, 0.1) is 0 Å². The third-order valence-corrected chi connectivity index (χ3v) is 3.08. The highest BCUT2D eigenvalue weighted by Crippen LogP contribution is 2.16. The predicted molar refractivity (Wildman–Crippen MR) is 68.5 cm³/mol. The molecule has 1 aromatic heterocycles. The molecule has 1 unspecified atom stereocenters. The van der Waals surface area contributed by atoms with Crippen molar-refractivity contribution in [2.24, 2.45) is 0 Å². The third-order valence-electron chi connectivity index (χ3n) is 3.08. The van der Waals surface area contributed by atoms with E-state index in [4.69, 9.17) is 0 Å². The molecule has 2 heterocycles. The van der Waals surface area contributed by atoms with Gasteiger partial charge < -0.3 is 15.2 Å². The number of rotatable bonds is 3. The van der Waals surface area contributed by atoms with E-state index in [1.54, 1.807) is 6.07 Å². The molecule has 1 saturated heterocycles. The minimum absolute atomic E-state index is 0.0712. The number of aryl methyl sites for hydroxylation is 1. The predicted octanol–water partition coefficient (Wildman–Crippen LogP) is 0.657. The molecule has 1 aliphatic heterocycles. The highest BCUT2D eigenvalue weighted by atomic mass is 16.1. The highest BCUT2D eigenvalue weighted by Gasteiger charge is 2.20. The van der Waals surface area contributed by atoms with Crippen molar-refractivity contribution in [3.8, 4) is 0 Å². The maximum Gasteiger partial charge on any atom is 0.252 e. The van der Waals surface area contributed by atoms with Crippen LogP contribution in [-0.2, 0) is 0 Å². The van der Waals surface area contributed by atoms with Crippen LogP contribution in [0.5, 0.6) is 0 Å². The van der Waals surface area contributed by atoms with Crippen LogP contribution in [0.25, 0.3) is 0 Å². The molecule has 5 heteroatoms. The van der Waals surface area contributed by atoms with Crippen LogP contribution in [-0.4, -0.2) is 35.6 Å². The van der Waals surface area contributed by atoms with Crippen LogP contribution >= 0.6 is 0 Å². The van der Waals surface area contributed by atoms with E-state index in [1.807, 2.05) is 6.92 Å². The first-order valence-electron chi connectivity index (χ1n) is 6.25. The Morgan fingerprint density at radius 1 is 1.65 bits per heavy atom. The second kappa shape index (κ2) is 5.31. The molecule has 0 spiro atoms. The fourth-order valence-corrected chi connectivity index (χ4v) is 2.37. The van der Waals surface area contributed by atoms with Gasteiger partial charge in [-0.2, -0.15) is 0 Å². The first-order valence-corrected chi connectivity index (χ1v) is 6.25. The molecule has 0 aromatic carbocycles. The van der Waals surface area contributed by atoms with Crippen molar-refractivity contribution in [1.29, 1.82) is 0 Å². The molecule has 0 radical (unpaired) electrons. The second-order valence-corrected chi connectivity index (χ2v) is 4.53. The molecule has 0 aliphatic carbocycles. The molecule has 2 rings (SSSR count). The van der Waals surface area contributed by atoms with Gasteiger partial charge in [0.25, 0.3) is 5.56 Å². The molecule has 5 nitrogen and oxygen atoms in total. The lowest BCUT2D eigenvalue weighted by atomic mass is 10.1. The molecule has 2 N–H and O–H groups in total. The number of aromatic nitrogens is 2. The van der Waals surface area contributed by atoms with Crippen LogP contribution in [0.15, 0.2) is 10.9 Å². The van der Waals surface area contributed by atoms with E-state index in [9.17, 15) is 4.79 Å². The summed E-state index contributed by atoms with van der Waals surface area (Å²) in [5.41, 5.74) is -0.0712. The van der Waals surface area contributed by atoms with E-state index in [-0.39, 0.29) is 5.56 Å². The van der Waals surface area contributed by atoms with Crippen molar-refractivity contribution in [3.63, 3.8) is 0 Å². The molecule has 0 saturated carbocycles. The minimum atomic E-state index is -0.0712. The number of hydrogen-bond donors (Lipinski definition) is 2. The summed E-state index contributed by atoms with van der Waals surface area (Å²) in [5, 5.41) is 3.46. The average molecular weight is 236 g/mol. The number of hydrogen-bond acceptors (Lipinski definition) is 4. The second-order valence-electron chi connectivity index (χ2n) is 4.53. The smallest absolute Gasteiger partial charge is 0.252 e. The normalized spacial score (nSPS) is 20.6. The van der Waals surface area contributed by atoms with E-state index in [0.29, 0.717) is 11.9 Å². The molecule has 17 heavy (non-hydrogen) atoms. The Labute approximate surface area is 101 Å². The van der Waals surface area contributed by atoms with Gasteiger partial charge in [0.15, 0.2) is 0 Å². The lowest BCUT2D eigenvalue weighted by molar-refractivity contribution is 0.429. The number of aromatic amines is 1.